The molecule has 0 aromatic rings. The average Bonchev–Trinajstić information content (AvgIpc) is 3.13. The second-order valence-electron chi connectivity index (χ2n) is 17.5. The van der Waals surface area contributed by atoms with E-state index in [9.17, 15) is 19.4 Å². The van der Waals surface area contributed by atoms with Crippen LogP contribution in [0.15, 0.2) is 12.2 Å². The summed E-state index contributed by atoms with van der Waals surface area (Å²) in [5, 5.41) is 13.6. The van der Waals surface area contributed by atoms with E-state index >= 15 is 0 Å². The third-order valence-electron chi connectivity index (χ3n) is 10.7. The summed E-state index contributed by atoms with van der Waals surface area (Å²) < 4.78 is 23.0. The number of rotatable bonds is 43. The van der Waals surface area contributed by atoms with Crippen molar-refractivity contribution in [3.8, 4) is 0 Å². The molecule has 328 valence electrons. The highest BCUT2D eigenvalue weighted by Crippen LogP contribution is 2.38. The number of quaternary nitrogens is 1. The Hall–Kier alpha value is -0.760. The summed E-state index contributed by atoms with van der Waals surface area (Å²) in [7, 11) is 1.26. The first kappa shape index (κ1) is 54.2. The molecule has 0 aliphatic carbocycles. The van der Waals surface area contributed by atoms with Crippen molar-refractivity contribution in [1.82, 2.24) is 5.32 Å². The van der Waals surface area contributed by atoms with Gasteiger partial charge in [-0.1, -0.05) is 212 Å². The second kappa shape index (κ2) is 38.7. The summed E-state index contributed by atoms with van der Waals surface area (Å²) in [6, 6.07) is -0.877. The number of hydrogen-bond acceptors (Lipinski definition) is 6. The van der Waals surface area contributed by atoms with Crippen LogP contribution in [0.25, 0.3) is 0 Å². The van der Waals surface area contributed by atoms with Crippen LogP contribution >= 0.6 is 7.82 Å². The fourth-order valence-electron chi connectivity index (χ4n) is 6.98. The summed E-state index contributed by atoms with van der Waals surface area (Å²) in [6.07, 6.45) is 44.8. The molecule has 0 rings (SSSR count). The summed E-state index contributed by atoms with van der Waals surface area (Å²) >= 11 is 0. The molecule has 0 aliphatic heterocycles. The standard InChI is InChI=1S/C46H93N2O6P/c1-6-8-10-12-13-14-15-16-17-18-19-20-21-22-23-24-25-26-27-28-29-30-31-32-33-34-36-38-40-46(50)47-44(45(49)39-37-35-11-9-7-2)43-54-55(51,52)53-42-41-48(3,4)5/h37,39,44-45,49H,6-36,38,40-43H2,1-5H3,(H-,47,50,51,52)/b39-37+. The van der Waals surface area contributed by atoms with E-state index in [0.717, 1.165) is 44.9 Å². The highest BCUT2D eigenvalue weighted by Gasteiger charge is 2.23. The van der Waals surface area contributed by atoms with Crippen molar-refractivity contribution in [2.45, 2.75) is 238 Å². The molecule has 0 heterocycles. The van der Waals surface area contributed by atoms with Gasteiger partial charge in [0.25, 0.3) is 7.82 Å². The third kappa shape index (κ3) is 41.2. The molecule has 0 aromatic heterocycles. The predicted octanol–water partition coefficient (Wildman–Crippen LogP) is 12.5. The normalized spacial score (nSPS) is 14.4. The topological polar surface area (TPSA) is 108 Å². The number of carbonyl (C=O) groups excluding carboxylic acids is 1. The maximum atomic E-state index is 12.7. The van der Waals surface area contributed by atoms with Crippen LogP contribution in [0, 0.1) is 0 Å². The third-order valence-corrected chi connectivity index (χ3v) is 11.7. The Balaban J connectivity index is 3.85. The van der Waals surface area contributed by atoms with Crippen LogP contribution in [-0.2, 0) is 18.4 Å². The van der Waals surface area contributed by atoms with Gasteiger partial charge in [-0.3, -0.25) is 9.36 Å². The molecule has 0 aromatic carbocycles. The molecule has 8 nitrogen and oxygen atoms in total. The zero-order valence-corrected chi connectivity index (χ0v) is 38.0. The van der Waals surface area contributed by atoms with Gasteiger partial charge in [0, 0.05) is 6.42 Å². The number of aliphatic hydroxyl groups excluding tert-OH is 1. The highest BCUT2D eigenvalue weighted by atomic mass is 31.2. The lowest BCUT2D eigenvalue weighted by Gasteiger charge is -2.29. The van der Waals surface area contributed by atoms with Crippen LogP contribution in [0.2, 0.25) is 0 Å². The Labute approximate surface area is 342 Å². The maximum absolute atomic E-state index is 12.7. The maximum Gasteiger partial charge on any atom is 0.268 e. The molecule has 0 fully saturated rings. The van der Waals surface area contributed by atoms with Gasteiger partial charge < -0.3 is 28.8 Å². The first-order chi connectivity index (χ1) is 26.5. The van der Waals surface area contributed by atoms with Gasteiger partial charge in [0.05, 0.1) is 39.9 Å². The molecular formula is C46H93N2O6P. The lowest BCUT2D eigenvalue weighted by atomic mass is 10.0. The van der Waals surface area contributed by atoms with Gasteiger partial charge in [-0.05, 0) is 19.3 Å². The fraction of sp³-hybridized carbons (Fsp3) is 0.935. The van der Waals surface area contributed by atoms with E-state index in [1.54, 1.807) is 6.08 Å². The van der Waals surface area contributed by atoms with Crippen molar-refractivity contribution in [2.75, 3.05) is 40.9 Å². The SMILES string of the molecule is CCCCC/C=C/C(O)C(COP(=O)([O-])OCC[N+](C)(C)C)NC(=O)CCCCCCCCCCCCCCCCCCCCCCCCCCCCCC. The van der Waals surface area contributed by atoms with Gasteiger partial charge >= 0.3 is 0 Å². The van der Waals surface area contributed by atoms with Gasteiger partial charge in [0.15, 0.2) is 0 Å². The molecule has 0 saturated heterocycles. The van der Waals surface area contributed by atoms with Gasteiger partial charge in [0.1, 0.15) is 13.2 Å². The zero-order valence-electron chi connectivity index (χ0n) is 37.1. The Morgan fingerprint density at radius 1 is 0.618 bits per heavy atom. The summed E-state index contributed by atoms with van der Waals surface area (Å²) in [4.78, 5) is 25.1. The Morgan fingerprint density at radius 2 is 0.982 bits per heavy atom. The molecule has 3 unspecified atom stereocenters. The highest BCUT2D eigenvalue weighted by molar-refractivity contribution is 7.45. The minimum atomic E-state index is -4.57. The van der Waals surface area contributed by atoms with Crippen molar-refractivity contribution in [3.05, 3.63) is 12.2 Å². The Bertz CT molecular complexity index is 911. The Kier molecular flexibility index (Phi) is 38.2. The second-order valence-corrected chi connectivity index (χ2v) is 18.9. The van der Waals surface area contributed by atoms with Gasteiger partial charge in [-0.15, -0.1) is 0 Å². The number of phosphoric acid groups is 1. The van der Waals surface area contributed by atoms with Crippen LogP contribution in [0.1, 0.15) is 226 Å². The van der Waals surface area contributed by atoms with Crippen molar-refractivity contribution in [1.29, 1.82) is 0 Å². The quantitative estimate of drug-likeness (QED) is 0.0275. The number of phosphoric ester groups is 1. The molecule has 0 aliphatic rings. The minimum Gasteiger partial charge on any atom is -0.756 e. The van der Waals surface area contributed by atoms with Gasteiger partial charge in [0.2, 0.25) is 5.91 Å². The predicted molar refractivity (Wildman–Crippen MR) is 233 cm³/mol. The van der Waals surface area contributed by atoms with E-state index in [1.165, 1.54) is 161 Å². The van der Waals surface area contributed by atoms with E-state index in [0.29, 0.717) is 17.4 Å². The largest absolute Gasteiger partial charge is 0.756 e. The lowest BCUT2D eigenvalue weighted by molar-refractivity contribution is -0.870. The van der Waals surface area contributed by atoms with Gasteiger partial charge in [-0.25, -0.2) is 0 Å². The van der Waals surface area contributed by atoms with Crippen molar-refractivity contribution in [2.24, 2.45) is 0 Å². The first-order valence-corrected chi connectivity index (χ1v) is 25.0. The van der Waals surface area contributed by atoms with Crippen LogP contribution in [0.5, 0.6) is 0 Å². The van der Waals surface area contributed by atoms with Crippen LogP contribution in [0.4, 0.5) is 0 Å². The molecule has 3 atom stereocenters. The number of nitrogens with zero attached hydrogens (tertiary/aromatic N) is 1. The number of likely N-dealkylation sites (N-methyl/N-ethyl adjacent to an activating group) is 1. The number of aliphatic hydroxyl groups is 1. The molecule has 0 saturated carbocycles. The monoisotopic (exact) mass is 801 g/mol. The molecule has 0 bridgehead atoms. The molecular weight excluding hydrogens is 707 g/mol. The summed E-state index contributed by atoms with van der Waals surface area (Å²) in [5.74, 6) is -0.200. The van der Waals surface area contributed by atoms with E-state index in [2.05, 4.69) is 19.2 Å². The molecule has 2 N–H and O–H groups in total. The molecule has 0 radical (unpaired) electrons. The summed E-state index contributed by atoms with van der Waals surface area (Å²) in [5.41, 5.74) is 0. The number of unbranched alkanes of at least 4 members (excludes halogenated alkanes) is 30. The summed E-state index contributed by atoms with van der Waals surface area (Å²) in [6.45, 7) is 4.55. The number of carbonyl (C=O) groups is 1. The van der Waals surface area contributed by atoms with E-state index in [1.807, 2.05) is 27.2 Å². The number of allylic oxidation sites excluding steroid dienone is 1. The molecule has 9 heteroatoms. The van der Waals surface area contributed by atoms with Gasteiger partial charge in [-0.2, -0.15) is 0 Å². The smallest absolute Gasteiger partial charge is 0.268 e. The number of hydrogen-bond donors (Lipinski definition) is 2. The molecule has 1 amide bonds. The number of amides is 1. The zero-order chi connectivity index (χ0) is 40.7. The number of nitrogens with one attached hydrogen (secondary N) is 1. The van der Waals surface area contributed by atoms with Crippen LogP contribution in [-0.4, -0.2) is 68.5 Å². The Morgan fingerprint density at radius 3 is 1.36 bits per heavy atom. The molecule has 0 spiro atoms. The van der Waals surface area contributed by atoms with Crippen molar-refractivity contribution in [3.63, 3.8) is 0 Å². The molecule has 55 heavy (non-hydrogen) atoms. The van der Waals surface area contributed by atoms with E-state index in [-0.39, 0.29) is 19.1 Å². The van der Waals surface area contributed by atoms with E-state index in [4.69, 9.17) is 9.05 Å². The van der Waals surface area contributed by atoms with Crippen molar-refractivity contribution < 1.29 is 32.9 Å². The van der Waals surface area contributed by atoms with E-state index < -0.39 is 20.0 Å². The van der Waals surface area contributed by atoms with Crippen LogP contribution in [0.3, 0.4) is 0 Å². The lowest BCUT2D eigenvalue weighted by Crippen LogP contribution is -2.45. The van der Waals surface area contributed by atoms with Crippen molar-refractivity contribution >= 4 is 13.7 Å². The minimum absolute atomic E-state index is 0.000833. The first-order valence-electron chi connectivity index (χ1n) is 23.6. The average molecular weight is 801 g/mol. The van der Waals surface area contributed by atoms with Crippen LogP contribution < -0.4 is 10.2 Å². The fourth-order valence-corrected chi connectivity index (χ4v) is 7.70.